The van der Waals surface area contributed by atoms with Crippen molar-refractivity contribution < 1.29 is 10.0 Å². The number of hydroxylamine groups is 1. The Labute approximate surface area is 89.4 Å². The first-order chi connectivity index (χ1) is 6.59. The Morgan fingerprint density at radius 2 is 2.29 bits per heavy atom. The number of hydrogen-bond donors (Lipinski definition) is 2. The van der Waals surface area contributed by atoms with Crippen molar-refractivity contribution >= 4 is 27.5 Å². The van der Waals surface area contributed by atoms with E-state index < -0.39 is 11.9 Å². The van der Waals surface area contributed by atoms with Gasteiger partial charge >= 0.3 is 0 Å². The number of fused-ring (bicyclic) bond motifs is 1. The van der Waals surface area contributed by atoms with Crippen molar-refractivity contribution in [1.29, 1.82) is 0 Å². The lowest BCUT2D eigenvalue weighted by Gasteiger charge is -2.27. The SMILES string of the molecule is N[C@@H]1Cc2ccc(Br)cc2N(O)C1=O. The zero-order chi connectivity index (χ0) is 10.3. The fraction of sp³-hybridized carbons (Fsp3) is 0.222. The minimum absolute atomic E-state index is 0.462. The van der Waals surface area contributed by atoms with Crippen LogP contribution in [0.2, 0.25) is 0 Å². The molecule has 1 aliphatic rings. The predicted octanol–water partition coefficient (Wildman–Crippen LogP) is 1.05. The topological polar surface area (TPSA) is 66.6 Å². The number of halogens is 1. The third kappa shape index (κ3) is 1.43. The summed E-state index contributed by atoms with van der Waals surface area (Å²) in [4.78, 5) is 11.3. The standard InChI is InChI=1S/C9H9BrN2O2/c10-6-2-1-5-3-7(11)9(13)12(14)8(5)4-6/h1-2,4,7,14H,3,11H2/t7-/m1/s1. The number of anilines is 1. The van der Waals surface area contributed by atoms with E-state index >= 15 is 0 Å². The van der Waals surface area contributed by atoms with E-state index in [4.69, 9.17) is 5.73 Å². The van der Waals surface area contributed by atoms with E-state index in [1.807, 2.05) is 12.1 Å². The van der Waals surface area contributed by atoms with Gasteiger partial charge in [0, 0.05) is 4.47 Å². The Morgan fingerprint density at radius 3 is 3.00 bits per heavy atom. The van der Waals surface area contributed by atoms with Gasteiger partial charge in [-0.2, -0.15) is 5.06 Å². The molecule has 2 rings (SSSR count). The van der Waals surface area contributed by atoms with Crippen LogP contribution in [0.25, 0.3) is 0 Å². The zero-order valence-electron chi connectivity index (χ0n) is 7.27. The van der Waals surface area contributed by atoms with Crippen LogP contribution in [-0.4, -0.2) is 17.2 Å². The highest BCUT2D eigenvalue weighted by Gasteiger charge is 2.29. The van der Waals surface area contributed by atoms with Gasteiger partial charge in [-0.15, -0.1) is 0 Å². The van der Waals surface area contributed by atoms with E-state index in [-0.39, 0.29) is 0 Å². The zero-order valence-corrected chi connectivity index (χ0v) is 8.86. The number of nitrogens with two attached hydrogens (primary N) is 1. The van der Waals surface area contributed by atoms with E-state index in [2.05, 4.69) is 15.9 Å². The van der Waals surface area contributed by atoms with Crippen molar-refractivity contribution in [2.75, 3.05) is 5.06 Å². The lowest BCUT2D eigenvalue weighted by atomic mass is 9.99. The van der Waals surface area contributed by atoms with E-state index in [0.29, 0.717) is 17.2 Å². The average Bonchev–Trinajstić information content (AvgIpc) is 2.16. The first kappa shape index (κ1) is 9.64. The number of hydrogen-bond acceptors (Lipinski definition) is 3. The summed E-state index contributed by atoms with van der Waals surface area (Å²) in [6.07, 6.45) is 0.471. The quantitative estimate of drug-likeness (QED) is 0.683. The summed E-state index contributed by atoms with van der Waals surface area (Å²) in [5, 5.41) is 10.1. The molecule has 0 fully saturated rings. The molecule has 0 saturated heterocycles. The van der Waals surface area contributed by atoms with Gasteiger partial charge < -0.3 is 5.73 Å². The third-order valence-corrected chi connectivity index (χ3v) is 2.73. The summed E-state index contributed by atoms with van der Waals surface area (Å²) in [5.74, 6) is -0.462. The van der Waals surface area contributed by atoms with Crippen molar-refractivity contribution in [3.8, 4) is 0 Å². The summed E-state index contributed by atoms with van der Waals surface area (Å²) in [7, 11) is 0. The van der Waals surface area contributed by atoms with Gasteiger partial charge in [-0.1, -0.05) is 22.0 Å². The molecule has 0 bridgehead atoms. The minimum atomic E-state index is -0.645. The molecule has 0 spiro atoms. The van der Waals surface area contributed by atoms with Crippen LogP contribution < -0.4 is 10.8 Å². The molecule has 5 heteroatoms. The molecule has 14 heavy (non-hydrogen) atoms. The Kier molecular flexibility index (Phi) is 2.30. The Hall–Kier alpha value is -0.910. The third-order valence-electron chi connectivity index (χ3n) is 2.24. The summed E-state index contributed by atoms with van der Waals surface area (Å²) in [6, 6.07) is 4.75. The number of nitrogens with zero attached hydrogens (tertiary/aromatic N) is 1. The molecule has 0 aliphatic carbocycles. The molecule has 1 aliphatic heterocycles. The lowest BCUT2D eigenvalue weighted by molar-refractivity contribution is -0.125. The van der Waals surface area contributed by atoms with E-state index in [1.54, 1.807) is 6.07 Å². The van der Waals surface area contributed by atoms with Crippen LogP contribution in [0.15, 0.2) is 22.7 Å². The molecule has 0 saturated carbocycles. The largest absolute Gasteiger partial charge is 0.320 e. The maximum Gasteiger partial charge on any atom is 0.267 e. The van der Waals surface area contributed by atoms with Crippen molar-refractivity contribution in [2.24, 2.45) is 5.73 Å². The second-order valence-electron chi connectivity index (χ2n) is 3.23. The summed E-state index contributed by atoms with van der Waals surface area (Å²) >= 11 is 3.27. The molecular weight excluding hydrogens is 248 g/mol. The number of amides is 1. The molecule has 1 heterocycles. The van der Waals surface area contributed by atoms with Crippen molar-refractivity contribution in [3.05, 3.63) is 28.2 Å². The van der Waals surface area contributed by atoms with Gasteiger partial charge in [-0.05, 0) is 24.1 Å². The number of rotatable bonds is 0. The fourth-order valence-corrected chi connectivity index (χ4v) is 1.86. The predicted molar refractivity (Wildman–Crippen MR) is 55.1 cm³/mol. The molecule has 1 aromatic carbocycles. The van der Waals surface area contributed by atoms with Crippen LogP contribution in [0.1, 0.15) is 5.56 Å². The number of benzene rings is 1. The highest BCUT2D eigenvalue weighted by atomic mass is 79.9. The van der Waals surface area contributed by atoms with Gasteiger partial charge in [0.15, 0.2) is 0 Å². The molecule has 4 nitrogen and oxygen atoms in total. The highest BCUT2D eigenvalue weighted by molar-refractivity contribution is 9.10. The van der Waals surface area contributed by atoms with Gasteiger partial charge in [0.1, 0.15) is 0 Å². The number of carbonyl (C=O) groups is 1. The minimum Gasteiger partial charge on any atom is -0.320 e. The highest BCUT2D eigenvalue weighted by Crippen LogP contribution is 2.28. The van der Waals surface area contributed by atoms with Crippen molar-refractivity contribution in [1.82, 2.24) is 0 Å². The second kappa shape index (κ2) is 3.34. The Balaban J connectivity index is 2.51. The molecule has 0 radical (unpaired) electrons. The van der Waals surface area contributed by atoms with Gasteiger partial charge in [0.05, 0.1) is 11.7 Å². The van der Waals surface area contributed by atoms with Gasteiger partial charge in [0.25, 0.3) is 5.91 Å². The van der Waals surface area contributed by atoms with Gasteiger partial charge in [-0.3, -0.25) is 10.0 Å². The Morgan fingerprint density at radius 1 is 1.57 bits per heavy atom. The normalized spacial score (nSPS) is 20.9. The second-order valence-corrected chi connectivity index (χ2v) is 4.15. The van der Waals surface area contributed by atoms with E-state index in [1.165, 1.54) is 0 Å². The Bertz CT molecular complexity index is 394. The monoisotopic (exact) mass is 256 g/mol. The van der Waals surface area contributed by atoms with Crippen molar-refractivity contribution in [2.45, 2.75) is 12.5 Å². The molecular formula is C9H9BrN2O2. The molecule has 0 aromatic heterocycles. The van der Waals surface area contributed by atoms with Crippen LogP contribution in [0, 0.1) is 0 Å². The van der Waals surface area contributed by atoms with E-state index in [0.717, 1.165) is 10.0 Å². The summed E-state index contributed by atoms with van der Waals surface area (Å²) in [5.41, 5.74) is 6.94. The lowest BCUT2D eigenvalue weighted by Crippen LogP contribution is -2.47. The van der Waals surface area contributed by atoms with Crippen LogP contribution >= 0.6 is 15.9 Å². The average molecular weight is 257 g/mol. The van der Waals surface area contributed by atoms with Gasteiger partial charge in [0.2, 0.25) is 0 Å². The smallest absolute Gasteiger partial charge is 0.267 e. The maximum atomic E-state index is 11.3. The molecule has 1 aromatic rings. The molecule has 1 atom stereocenters. The number of carbonyl (C=O) groups excluding carboxylic acids is 1. The van der Waals surface area contributed by atoms with Crippen LogP contribution in [0.3, 0.4) is 0 Å². The van der Waals surface area contributed by atoms with E-state index in [9.17, 15) is 10.0 Å². The summed E-state index contributed by atoms with van der Waals surface area (Å²) in [6.45, 7) is 0. The van der Waals surface area contributed by atoms with Gasteiger partial charge in [-0.25, -0.2) is 0 Å². The van der Waals surface area contributed by atoms with Crippen LogP contribution in [0.4, 0.5) is 5.69 Å². The summed E-state index contributed by atoms with van der Waals surface area (Å²) < 4.78 is 0.818. The molecule has 0 unspecified atom stereocenters. The van der Waals surface area contributed by atoms with Crippen LogP contribution in [0.5, 0.6) is 0 Å². The fourth-order valence-electron chi connectivity index (χ4n) is 1.51. The van der Waals surface area contributed by atoms with Crippen LogP contribution in [-0.2, 0) is 11.2 Å². The first-order valence-electron chi connectivity index (χ1n) is 4.16. The molecule has 1 amide bonds. The van der Waals surface area contributed by atoms with Crippen molar-refractivity contribution in [3.63, 3.8) is 0 Å². The molecule has 3 N–H and O–H groups in total. The first-order valence-corrected chi connectivity index (χ1v) is 4.96. The maximum absolute atomic E-state index is 11.3. The molecule has 74 valence electrons.